The number of benzene rings is 2. The van der Waals surface area contributed by atoms with Crippen molar-refractivity contribution in [2.75, 3.05) is 26.2 Å². The molecule has 0 amide bonds. The zero-order valence-electron chi connectivity index (χ0n) is 16.1. The van der Waals surface area contributed by atoms with Gasteiger partial charge in [-0.25, -0.2) is 0 Å². The summed E-state index contributed by atoms with van der Waals surface area (Å²) in [5.41, 5.74) is 3.63. The Kier molecular flexibility index (Phi) is 6.32. The lowest BCUT2D eigenvalue weighted by atomic mass is 9.99. The minimum Gasteiger partial charge on any atom is -0.489 e. The van der Waals surface area contributed by atoms with Crippen molar-refractivity contribution in [2.45, 2.75) is 19.1 Å². The molecule has 1 aromatic heterocycles. The smallest absolute Gasteiger partial charge is 0.119 e. The minimum atomic E-state index is 0.333. The van der Waals surface area contributed by atoms with Crippen molar-refractivity contribution in [3.05, 3.63) is 95.8 Å². The van der Waals surface area contributed by atoms with Gasteiger partial charge in [0.2, 0.25) is 0 Å². The normalized spacial score (nSPS) is 15.9. The summed E-state index contributed by atoms with van der Waals surface area (Å²) in [5, 5.41) is 3.45. The highest BCUT2D eigenvalue weighted by atomic mass is 16.5. The fourth-order valence-electron chi connectivity index (χ4n) is 3.70. The number of nitrogens with one attached hydrogen (secondary N) is 1. The molecule has 0 aliphatic carbocycles. The fraction of sp³-hybridized carbons (Fsp3) is 0.292. The van der Waals surface area contributed by atoms with Gasteiger partial charge in [-0.15, -0.1) is 0 Å². The molecule has 1 unspecified atom stereocenters. The molecule has 4 nitrogen and oxygen atoms in total. The molecule has 1 aliphatic heterocycles. The van der Waals surface area contributed by atoms with Gasteiger partial charge in [-0.1, -0.05) is 48.5 Å². The molecule has 0 radical (unpaired) electrons. The maximum Gasteiger partial charge on any atom is 0.119 e. The van der Waals surface area contributed by atoms with Crippen molar-refractivity contribution in [2.24, 2.45) is 0 Å². The molecule has 2 aromatic carbocycles. The predicted molar refractivity (Wildman–Crippen MR) is 112 cm³/mol. The first-order valence-corrected chi connectivity index (χ1v) is 10.00. The molecule has 144 valence electrons. The highest BCUT2D eigenvalue weighted by Gasteiger charge is 2.23. The molecule has 1 saturated heterocycles. The van der Waals surface area contributed by atoms with Gasteiger partial charge in [0, 0.05) is 50.5 Å². The Bertz CT molecular complexity index is 831. The summed E-state index contributed by atoms with van der Waals surface area (Å²) < 4.78 is 5.95. The molecule has 3 aromatic rings. The standard InChI is InChI=1S/C24H27N3O/c1-2-6-20(7-3-1)19-28-23-11-9-21(10-12-23)24(27-16-14-25-15-17-27)18-22-8-4-5-13-26-22/h1-13,24-25H,14-19H2. The maximum atomic E-state index is 5.95. The summed E-state index contributed by atoms with van der Waals surface area (Å²) in [6.45, 7) is 4.79. The third-order valence-corrected chi connectivity index (χ3v) is 5.23. The third kappa shape index (κ3) is 4.97. The number of hydrogen-bond acceptors (Lipinski definition) is 4. The van der Waals surface area contributed by atoms with Gasteiger partial charge in [-0.3, -0.25) is 9.88 Å². The van der Waals surface area contributed by atoms with Crippen LogP contribution in [-0.2, 0) is 13.0 Å². The van der Waals surface area contributed by atoms with Crippen LogP contribution in [0.1, 0.15) is 22.9 Å². The summed E-state index contributed by atoms with van der Waals surface area (Å²) in [7, 11) is 0. The molecule has 4 rings (SSSR count). The summed E-state index contributed by atoms with van der Waals surface area (Å²) in [6, 6.07) is 25.4. The van der Waals surface area contributed by atoms with Crippen LogP contribution in [0.4, 0.5) is 0 Å². The minimum absolute atomic E-state index is 0.333. The Hall–Kier alpha value is -2.69. The Balaban J connectivity index is 1.47. The summed E-state index contributed by atoms with van der Waals surface area (Å²) >= 11 is 0. The largest absolute Gasteiger partial charge is 0.489 e. The van der Waals surface area contributed by atoms with E-state index in [0.29, 0.717) is 12.6 Å². The van der Waals surface area contributed by atoms with Crippen molar-refractivity contribution in [3.63, 3.8) is 0 Å². The summed E-state index contributed by atoms with van der Waals surface area (Å²) in [4.78, 5) is 7.11. The lowest BCUT2D eigenvalue weighted by Crippen LogP contribution is -2.45. The number of pyridine rings is 1. The SMILES string of the molecule is c1ccc(COc2ccc(C(Cc3ccccn3)N3CCNCC3)cc2)cc1. The highest BCUT2D eigenvalue weighted by Crippen LogP contribution is 2.27. The number of nitrogens with zero attached hydrogens (tertiary/aromatic N) is 2. The molecule has 0 spiro atoms. The zero-order chi connectivity index (χ0) is 19.0. The van der Waals surface area contributed by atoms with Gasteiger partial charge in [0.25, 0.3) is 0 Å². The fourth-order valence-corrected chi connectivity index (χ4v) is 3.70. The zero-order valence-corrected chi connectivity index (χ0v) is 16.1. The molecule has 2 heterocycles. The lowest BCUT2D eigenvalue weighted by Gasteiger charge is -2.35. The Labute approximate surface area is 167 Å². The van der Waals surface area contributed by atoms with E-state index in [4.69, 9.17) is 4.74 Å². The molecule has 0 saturated carbocycles. The van der Waals surface area contributed by atoms with Crippen molar-refractivity contribution in [3.8, 4) is 5.75 Å². The van der Waals surface area contributed by atoms with E-state index in [1.54, 1.807) is 0 Å². The van der Waals surface area contributed by atoms with E-state index in [9.17, 15) is 0 Å². The van der Waals surface area contributed by atoms with E-state index in [2.05, 4.69) is 63.7 Å². The predicted octanol–water partition coefficient (Wildman–Crippen LogP) is 3.85. The van der Waals surface area contributed by atoms with Crippen LogP contribution in [0.25, 0.3) is 0 Å². The Morgan fingerprint density at radius 3 is 2.36 bits per heavy atom. The van der Waals surface area contributed by atoms with Gasteiger partial charge >= 0.3 is 0 Å². The lowest BCUT2D eigenvalue weighted by molar-refractivity contribution is 0.171. The van der Waals surface area contributed by atoms with Crippen LogP contribution in [0.3, 0.4) is 0 Å². The molecule has 1 N–H and O–H groups in total. The third-order valence-electron chi connectivity index (χ3n) is 5.23. The van der Waals surface area contributed by atoms with E-state index in [0.717, 1.165) is 44.0 Å². The second-order valence-electron chi connectivity index (χ2n) is 7.17. The van der Waals surface area contributed by atoms with Crippen LogP contribution in [0.2, 0.25) is 0 Å². The molecule has 28 heavy (non-hydrogen) atoms. The number of ether oxygens (including phenoxy) is 1. The molecule has 1 fully saturated rings. The molecule has 1 atom stereocenters. The monoisotopic (exact) mass is 373 g/mol. The van der Waals surface area contributed by atoms with Crippen LogP contribution in [-0.4, -0.2) is 36.1 Å². The van der Waals surface area contributed by atoms with Crippen molar-refractivity contribution < 1.29 is 4.74 Å². The number of piperazine rings is 1. The van der Waals surface area contributed by atoms with Gasteiger partial charge in [0.05, 0.1) is 0 Å². The van der Waals surface area contributed by atoms with Crippen molar-refractivity contribution >= 4 is 0 Å². The second kappa shape index (κ2) is 9.49. The van der Waals surface area contributed by atoms with Gasteiger partial charge in [-0.05, 0) is 35.4 Å². The average Bonchev–Trinajstić information content (AvgIpc) is 2.78. The Morgan fingerprint density at radius 2 is 1.64 bits per heavy atom. The van der Waals surface area contributed by atoms with Gasteiger partial charge in [-0.2, -0.15) is 0 Å². The van der Waals surface area contributed by atoms with Gasteiger partial charge < -0.3 is 10.1 Å². The van der Waals surface area contributed by atoms with Gasteiger partial charge in [0.15, 0.2) is 0 Å². The van der Waals surface area contributed by atoms with Crippen LogP contribution < -0.4 is 10.1 Å². The number of hydrogen-bond donors (Lipinski definition) is 1. The van der Waals surface area contributed by atoms with Crippen molar-refractivity contribution in [1.29, 1.82) is 0 Å². The van der Waals surface area contributed by atoms with Crippen LogP contribution in [0.5, 0.6) is 5.75 Å². The highest BCUT2D eigenvalue weighted by molar-refractivity contribution is 5.30. The first kappa shape index (κ1) is 18.7. The van der Waals surface area contributed by atoms with E-state index < -0.39 is 0 Å². The van der Waals surface area contributed by atoms with E-state index >= 15 is 0 Å². The van der Waals surface area contributed by atoms with E-state index in [1.165, 1.54) is 11.1 Å². The molecular weight excluding hydrogens is 346 g/mol. The molecular formula is C24H27N3O. The molecule has 0 bridgehead atoms. The van der Waals surface area contributed by atoms with E-state index in [-0.39, 0.29) is 0 Å². The second-order valence-corrected chi connectivity index (χ2v) is 7.17. The summed E-state index contributed by atoms with van der Waals surface area (Å²) in [5.74, 6) is 0.907. The van der Waals surface area contributed by atoms with Crippen LogP contribution >= 0.6 is 0 Å². The van der Waals surface area contributed by atoms with Crippen LogP contribution in [0, 0.1) is 0 Å². The number of rotatable bonds is 7. The average molecular weight is 374 g/mol. The first-order chi connectivity index (χ1) is 13.9. The Morgan fingerprint density at radius 1 is 0.893 bits per heavy atom. The van der Waals surface area contributed by atoms with Crippen molar-refractivity contribution in [1.82, 2.24) is 15.2 Å². The van der Waals surface area contributed by atoms with Crippen LogP contribution in [0.15, 0.2) is 79.0 Å². The maximum absolute atomic E-state index is 5.95. The topological polar surface area (TPSA) is 37.4 Å². The molecule has 1 aliphatic rings. The van der Waals surface area contributed by atoms with Gasteiger partial charge in [0.1, 0.15) is 12.4 Å². The first-order valence-electron chi connectivity index (χ1n) is 10.00. The molecule has 4 heteroatoms. The quantitative estimate of drug-likeness (QED) is 0.683. The number of aromatic nitrogens is 1. The van der Waals surface area contributed by atoms with E-state index in [1.807, 2.05) is 30.5 Å². The summed E-state index contributed by atoms with van der Waals surface area (Å²) in [6.07, 6.45) is 2.80.